The highest BCUT2D eigenvalue weighted by Gasteiger charge is 2.30. The quantitative estimate of drug-likeness (QED) is 0.243. The molecular weight excluding hydrogens is 606 g/mol. The van der Waals surface area contributed by atoms with Gasteiger partial charge < -0.3 is 0 Å². The average Bonchev–Trinajstić information content (AvgIpc) is 2.81. The number of ketones is 1. The van der Waals surface area contributed by atoms with E-state index in [4.69, 9.17) is 11.6 Å². The smallest absolute Gasteiger partial charge is 0.263 e. The lowest BCUT2D eigenvalue weighted by atomic mass is 10.1. The van der Waals surface area contributed by atoms with Crippen LogP contribution in [0.25, 0.3) is 10.9 Å². The second-order valence-corrected chi connectivity index (χ2v) is 11.0. The summed E-state index contributed by atoms with van der Waals surface area (Å²) in [6, 6.07) is 18.7. The molecule has 0 spiro atoms. The Morgan fingerprint density at radius 2 is 1.62 bits per heavy atom. The van der Waals surface area contributed by atoms with Gasteiger partial charge in [0, 0.05) is 14.5 Å². The average molecular weight is 622 g/mol. The molecule has 1 aromatic heterocycles. The number of hydrogen-bond acceptors (Lipinski definition) is 4. The Hall–Kier alpha value is -2.39. The molecule has 0 aliphatic carbocycles. The van der Waals surface area contributed by atoms with Crippen molar-refractivity contribution in [2.24, 2.45) is 0 Å². The number of carbonyl (C=O) groups excluding carboxylic acids is 2. The molecule has 1 unspecified atom stereocenters. The van der Waals surface area contributed by atoms with E-state index in [1.165, 1.54) is 17.6 Å². The lowest BCUT2D eigenvalue weighted by Crippen LogP contribution is -2.28. The van der Waals surface area contributed by atoms with E-state index in [9.17, 15) is 18.6 Å². The van der Waals surface area contributed by atoms with E-state index < -0.39 is 27.9 Å². The fraction of sp³-hybridized carbons (Fsp3) is 0.0800. The third-order valence-electron chi connectivity index (χ3n) is 5.18. The Labute approximate surface area is 219 Å². The fourth-order valence-corrected chi connectivity index (χ4v) is 6.13. The van der Waals surface area contributed by atoms with E-state index in [-0.39, 0.29) is 37.8 Å². The minimum Gasteiger partial charge on any atom is -0.294 e. The molecule has 0 saturated heterocycles. The maximum absolute atomic E-state index is 13.8. The van der Waals surface area contributed by atoms with Crippen LogP contribution in [0, 0.1) is 0 Å². The Balaban J connectivity index is 2.13. The summed E-state index contributed by atoms with van der Waals surface area (Å²) in [5.74, 6) is -1.13. The van der Waals surface area contributed by atoms with Crippen molar-refractivity contribution in [1.29, 1.82) is 0 Å². The minimum absolute atomic E-state index is 0.00663. The summed E-state index contributed by atoms with van der Waals surface area (Å²) in [7, 11) is -1.91. The van der Waals surface area contributed by atoms with E-state index in [0.29, 0.717) is 4.47 Å². The number of benzene rings is 3. The van der Waals surface area contributed by atoms with Gasteiger partial charge in [-0.1, -0.05) is 57.9 Å². The normalized spacial score (nSPS) is 12.0. The van der Waals surface area contributed by atoms with E-state index in [0.717, 1.165) is 10.0 Å². The number of carbonyl (C=O) groups is 2. The molecule has 0 N–H and O–H groups in total. The first-order valence-corrected chi connectivity index (χ1v) is 13.3. The number of pyridine rings is 1. The van der Waals surface area contributed by atoms with Crippen molar-refractivity contribution in [3.8, 4) is 0 Å². The lowest BCUT2D eigenvalue weighted by Gasteiger charge is -2.19. The first-order chi connectivity index (χ1) is 16.2. The summed E-state index contributed by atoms with van der Waals surface area (Å²) in [6.45, 7) is 1.21. The minimum atomic E-state index is -1.91. The second-order valence-electron chi connectivity index (χ2n) is 7.44. The maximum Gasteiger partial charge on any atom is 0.263 e. The number of rotatable bonds is 5. The first kappa shape index (κ1) is 24.7. The van der Waals surface area contributed by atoms with E-state index in [2.05, 4.69) is 31.9 Å². The standard InChI is InChI=1S/C25H16Br2ClNO4S/c1-14(30)20-23(31)21-19(28)12-11-18(27)22(21)29(24(32)16-7-9-17(26)10-8-16)25(20)34(33)13-15-5-3-2-4-6-15/h2-12H,13H2,1H3. The van der Waals surface area contributed by atoms with Crippen LogP contribution in [0.4, 0.5) is 0 Å². The van der Waals surface area contributed by atoms with Crippen LogP contribution in [-0.4, -0.2) is 20.5 Å². The van der Waals surface area contributed by atoms with Crippen molar-refractivity contribution >= 4 is 76.9 Å². The maximum atomic E-state index is 13.8. The Kier molecular flexibility index (Phi) is 7.33. The number of aromatic nitrogens is 1. The van der Waals surface area contributed by atoms with Crippen molar-refractivity contribution in [3.63, 3.8) is 0 Å². The predicted octanol–water partition coefficient (Wildman–Crippen LogP) is 6.38. The molecule has 0 amide bonds. The van der Waals surface area contributed by atoms with Crippen molar-refractivity contribution in [2.45, 2.75) is 17.7 Å². The second kappa shape index (κ2) is 10.1. The summed E-state index contributed by atoms with van der Waals surface area (Å²) in [4.78, 5) is 40.0. The zero-order valence-electron chi connectivity index (χ0n) is 17.7. The van der Waals surface area contributed by atoms with Crippen LogP contribution in [0.15, 0.2) is 85.5 Å². The summed E-state index contributed by atoms with van der Waals surface area (Å²) < 4.78 is 16.1. The third-order valence-corrected chi connectivity index (χ3v) is 8.07. The summed E-state index contributed by atoms with van der Waals surface area (Å²) >= 11 is 13.1. The molecule has 34 heavy (non-hydrogen) atoms. The molecule has 1 heterocycles. The SMILES string of the molecule is CC(=O)c1c(S(=O)Cc2ccccc2)n(C(=O)c2ccc(Br)cc2)c2c(Br)ccc(Cl)c2c1=O. The largest absolute Gasteiger partial charge is 0.294 e. The molecular formula is C25H16Br2ClNO4S. The van der Waals surface area contributed by atoms with E-state index in [1.54, 1.807) is 54.6 Å². The van der Waals surface area contributed by atoms with Crippen molar-refractivity contribution in [1.82, 2.24) is 4.57 Å². The topological polar surface area (TPSA) is 73.2 Å². The van der Waals surface area contributed by atoms with Gasteiger partial charge in [-0.05, 0) is 64.8 Å². The molecule has 9 heteroatoms. The molecule has 0 saturated carbocycles. The number of hydrogen-bond donors (Lipinski definition) is 0. The lowest BCUT2D eigenvalue weighted by molar-refractivity contribution is 0.0953. The van der Waals surface area contributed by atoms with Gasteiger partial charge in [-0.25, -0.2) is 0 Å². The highest BCUT2D eigenvalue weighted by atomic mass is 79.9. The highest BCUT2D eigenvalue weighted by molar-refractivity contribution is 9.11. The van der Waals surface area contributed by atoms with E-state index >= 15 is 0 Å². The van der Waals surface area contributed by atoms with Gasteiger partial charge in [-0.15, -0.1) is 0 Å². The van der Waals surface area contributed by atoms with Crippen LogP contribution < -0.4 is 5.43 Å². The number of fused-ring (bicyclic) bond motifs is 1. The highest BCUT2D eigenvalue weighted by Crippen LogP contribution is 2.32. The monoisotopic (exact) mass is 619 g/mol. The third kappa shape index (κ3) is 4.60. The predicted molar refractivity (Wildman–Crippen MR) is 141 cm³/mol. The number of nitrogens with zero attached hydrogens (tertiary/aromatic N) is 1. The molecule has 0 fully saturated rings. The molecule has 0 aliphatic rings. The molecule has 0 aliphatic heterocycles. The summed E-state index contributed by atoms with van der Waals surface area (Å²) in [5.41, 5.74) is 0.201. The summed E-state index contributed by atoms with van der Waals surface area (Å²) in [5, 5.41) is -0.0552. The molecule has 172 valence electrons. The van der Waals surface area contributed by atoms with Gasteiger partial charge in [-0.2, -0.15) is 0 Å². The van der Waals surface area contributed by atoms with Crippen molar-refractivity contribution < 1.29 is 13.8 Å². The molecule has 4 aromatic rings. The number of Topliss-reactive ketones (excluding diaryl/α,β-unsaturated/α-hetero) is 1. The van der Waals surface area contributed by atoms with E-state index in [1.807, 2.05) is 6.07 Å². The molecule has 1 atom stereocenters. The van der Waals surface area contributed by atoms with Crippen LogP contribution in [0.2, 0.25) is 5.02 Å². The number of halogens is 3. The first-order valence-electron chi connectivity index (χ1n) is 10.0. The zero-order valence-corrected chi connectivity index (χ0v) is 22.4. The van der Waals surface area contributed by atoms with Gasteiger partial charge in [-0.3, -0.25) is 23.2 Å². The Morgan fingerprint density at radius 3 is 2.24 bits per heavy atom. The fourth-order valence-electron chi connectivity index (χ4n) is 3.65. The van der Waals surface area contributed by atoms with Crippen molar-refractivity contribution in [2.75, 3.05) is 0 Å². The van der Waals surface area contributed by atoms with Gasteiger partial charge in [0.2, 0.25) is 5.43 Å². The Morgan fingerprint density at radius 1 is 0.971 bits per heavy atom. The molecule has 3 aromatic carbocycles. The molecule has 5 nitrogen and oxygen atoms in total. The van der Waals surface area contributed by atoms with Crippen LogP contribution >= 0.6 is 43.5 Å². The zero-order chi connectivity index (χ0) is 24.6. The molecule has 4 rings (SSSR count). The van der Waals surface area contributed by atoms with Gasteiger partial charge in [0.15, 0.2) is 5.78 Å². The van der Waals surface area contributed by atoms with Crippen LogP contribution in [0.3, 0.4) is 0 Å². The van der Waals surface area contributed by atoms with Crippen LogP contribution in [0.5, 0.6) is 0 Å². The van der Waals surface area contributed by atoms with Crippen LogP contribution in [-0.2, 0) is 16.6 Å². The van der Waals surface area contributed by atoms with Gasteiger partial charge in [0.05, 0.1) is 38.0 Å². The van der Waals surface area contributed by atoms with Gasteiger partial charge in [0.25, 0.3) is 5.91 Å². The molecule has 0 radical (unpaired) electrons. The van der Waals surface area contributed by atoms with Crippen LogP contribution in [0.1, 0.15) is 33.2 Å². The van der Waals surface area contributed by atoms with Gasteiger partial charge >= 0.3 is 0 Å². The molecule has 0 bridgehead atoms. The summed E-state index contributed by atoms with van der Waals surface area (Å²) in [6.07, 6.45) is 0. The van der Waals surface area contributed by atoms with Crippen molar-refractivity contribution in [3.05, 3.63) is 108 Å². The Bertz CT molecular complexity index is 1530. The van der Waals surface area contributed by atoms with Gasteiger partial charge in [0.1, 0.15) is 5.03 Å².